The normalized spacial score (nSPS) is 10.6. The lowest BCUT2D eigenvalue weighted by molar-refractivity contribution is 0.612. The summed E-state index contributed by atoms with van der Waals surface area (Å²) in [4.78, 5) is 8.40. The van der Waals surface area contributed by atoms with Gasteiger partial charge in [0.05, 0.1) is 0 Å². The van der Waals surface area contributed by atoms with E-state index in [0.29, 0.717) is 29.4 Å². The van der Waals surface area contributed by atoms with Crippen LogP contribution in [0.4, 0.5) is 4.39 Å². The van der Waals surface area contributed by atoms with Crippen molar-refractivity contribution in [1.29, 1.82) is 0 Å². The molecule has 0 aliphatic rings. The number of aromatic nitrogens is 2. The quantitative estimate of drug-likeness (QED) is 0.923. The molecule has 0 spiro atoms. The van der Waals surface area contributed by atoms with Crippen LogP contribution in [0.1, 0.15) is 17.0 Å². The average Bonchev–Trinajstić information content (AvgIpc) is 2.36. The Morgan fingerprint density at radius 1 is 1.28 bits per heavy atom. The minimum absolute atomic E-state index is 0.297. The number of hydrogen-bond acceptors (Lipinski definition) is 3. The van der Waals surface area contributed by atoms with Crippen LogP contribution in [0.25, 0.3) is 0 Å². The Bertz CT molecular complexity index is 508. The van der Waals surface area contributed by atoms with E-state index in [2.05, 4.69) is 15.3 Å². The third-order valence-corrected chi connectivity index (χ3v) is 2.89. The molecule has 5 heteroatoms. The van der Waals surface area contributed by atoms with Crippen LogP contribution in [-0.4, -0.2) is 17.0 Å². The summed E-state index contributed by atoms with van der Waals surface area (Å²) in [6, 6.07) is 4.63. The Labute approximate surface area is 110 Å². The van der Waals surface area contributed by atoms with E-state index >= 15 is 0 Å². The molecule has 0 fully saturated rings. The summed E-state index contributed by atoms with van der Waals surface area (Å²) in [5, 5.41) is 3.41. The lowest BCUT2D eigenvalue weighted by Crippen LogP contribution is -2.07. The number of nitrogens with one attached hydrogen (secondary N) is 1. The fraction of sp³-hybridized carbons (Fsp3) is 0.231. The van der Waals surface area contributed by atoms with Crippen molar-refractivity contribution in [2.75, 3.05) is 7.05 Å². The average molecular weight is 266 g/mol. The molecule has 1 aromatic heterocycles. The van der Waals surface area contributed by atoms with E-state index in [1.807, 2.05) is 7.05 Å². The fourth-order valence-corrected chi connectivity index (χ4v) is 1.86. The molecule has 2 aromatic rings. The Morgan fingerprint density at radius 2 is 2.00 bits per heavy atom. The maximum atomic E-state index is 13.6. The minimum atomic E-state index is -0.328. The number of halogens is 2. The molecule has 0 amide bonds. The van der Waals surface area contributed by atoms with Gasteiger partial charge in [-0.1, -0.05) is 17.7 Å². The molecule has 0 saturated carbocycles. The van der Waals surface area contributed by atoms with E-state index in [9.17, 15) is 4.39 Å². The minimum Gasteiger partial charge on any atom is -0.316 e. The van der Waals surface area contributed by atoms with Gasteiger partial charge in [0.1, 0.15) is 11.6 Å². The lowest BCUT2D eigenvalue weighted by atomic mass is 10.1. The maximum Gasteiger partial charge on any atom is 0.132 e. The van der Waals surface area contributed by atoms with Gasteiger partial charge in [-0.15, -0.1) is 0 Å². The summed E-state index contributed by atoms with van der Waals surface area (Å²) in [5.41, 5.74) is 1.42. The van der Waals surface area contributed by atoms with Gasteiger partial charge >= 0.3 is 0 Å². The molecule has 0 unspecified atom stereocenters. The first kappa shape index (κ1) is 12.9. The van der Waals surface area contributed by atoms with Crippen LogP contribution in [0, 0.1) is 5.82 Å². The van der Waals surface area contributed by atoms with Gasteiger partial charge < -0.3 is 5.32 Å². The molecule has 0 saturated heterocycles. The zero-order valence-electron chi connectivity index (χ0n) is 9.95. The van der Waals surface area contributed by atoms with Crippen LogP contribution in [0.3, 0.4) is 0 Å². The smallest absolute Gasteiger partial charge is 0.132 e. The topological polar surface area (TPSA) is 37.8 Å². The summed E-state index contributed by atoms with van der Waals surface area (Å²) in [6.07, 6.45) is 3.76. The largest absolute Gasteiger partial charge is 0.316 e. The first-order valence-corrected chi connectivity index (χ1v) is 5.96. The van der Waals surface area contributed by atoms with Gasteiger partial charge in [-0.2, -0.15) is 0 Å². The Balaban J connectivity index is 2.18. The highest BCUT2D eigenvalue weighted by Gasteiger charge is 2.09. The summed E-state index contributed by atoms with van der Waals surface area (Å²) in [6.45, 7) is 0.709. The SMILES string of the molecule is CNCc1cnc(Cc2c(F)cccc2Cl)nc1. The molecule has 0 aliphatic heterocycles. The van der Waals surface area contributed by atoms with Crippen LogP contribution in [0.5, 0.6) is 0 Å². The maximum absolute atomic E-state index is 13.6. The van der Waals surface area contributed by atoms with Crippen LogP contribution in [-0.2, 0) is 13.0 Å². The van der Waals surface area contributed by atoms with Crippen LogP contribution < -0.4 is 5.32 Å². The molecule has 94 valence electrons. The molecule has 3 nitrogen and oxygen atoms in total. The van der Waals surface area contributed by atoms with Gasteiger partial charge in [0, 0.05) is 41.5 Å². The highest BCUT2D eigenvalue weighted by molar-refractivity contribution is 6.31. The summed E-state index contributed by atoms with van der Waals surface area (Å²) in [7, 11) is 1.85. The second kappa shape index (κ2) is 5.89. The molecule has 1 N–H and O–H groups in total. The molecule has 1 heterocycles. The van der Waals surface area contributed by atoms with Crippen LogP contribution >= 0.6 is 11.6 Å². The van der Waals surface area contributed by atoms with Crippen LogP contribution in [0.15, 0.2) is 30.6 Å². The zero-order valence-corrected chi connectivity index (χ0v) is 10.7. The number of nitrogens with zero attached hydrogens (tertiary/aromatic N) is 2. The molecule has 0 bridgehead atoms. The molecular formula is C13H13ClFN3. The summed E-state index contributed by atoms with van der Waals surface area (Å²) < 4.78 is 13.6. The lowest BCUT2D eigenvalue weighted by Gasteiger charge is -2.05. The van der Waals surface area contributed by atoms with Gasteiger partial charge in [-0.3, -0.25) is 0 Å². The van der Waals surface area contributed by atoms with Gasteiger partial charge in [0.25, 0.3) is 0 Å². The van der Waals surface area contributed by atoms with E-state index in [0.717, 1.165) is 5.56 Å². The summed E-state index contributed by atoms with van der Waals surface area (Å²) >= 11 is 5.95. The van der Waals surface area contributed by atoms with E-state index in [1.54, 1.807) is 24.5 Å². The first-order chi connectivity index (χ1) is 8.70. The highest BCUT2D eigenvalue weighted by Crippen LogP contribution is 2.20. The molecule has 0 radical (unpaired) electrons. The Morgan fingerprint density at radius 3 is 2.61 bits per heavy atom. The predicted octanol–water partition coefficient (Wildman–Crippen LogP) is 2.58. The molecule has 0 atom stereocenters. The van der Waals surface area contributed by atoms with E-state index in [-0.39, 0.29) is 5.82 Å². The Kier molecular flexibility index (Phi) is 4.23. The standard InChI is InChI=1S/C13H13ClFN3/c1-16-6-9-7-17-13(18-8-9)5-10-11(14)3-2-4-12(10)15/h2-4,7-8,16H,5-6H2,1H3. The highest BCUT2D eigenvalue weighted by atomic mass is 35.5. The Hall–Kier alpha value is -1.52. The number of hydrogen-bond donors (Lipinski definition) is 1. The fourth-order valence-electron chi connectivity index (χ4n) is 1.63. The summed E-state index contributed by atoms with van der Waals surface area (Å²) in [5.74, 6) is 0.229. The van der Waals surface area contributed by atoms with Gasteiger partial charge in [0.2, 0.25) is 0 Å². The van der Waals surface area contributed by atoms with Crippen molar-refractivity contribution in [3.63, 3.8) is 0 Å². The van der Waals surface area contributed by atoms with E-state index in [1.165, 1.54) is 6.07 Å². The van der Waals surface area contributed by atoms with Crippen molar-refractivity contribution in [1.82, 2.24) is 15.3 Å². The molecule has 2 rings (SSSR count). The van der Waals surface area contributed by atoms with Crippen molar-refractivity contribution >= 4 is 11.6 Å². The van der Waals surface area contributed by atoms with Crippen molar-refractivity contribution in [2.45, 2.75) is 13.0 Å². The molecular weight excluding hydrogens is 253 g/mol. The third-order valence-electron chi connectivity index (χ3n) is 2.54. The second-order valence-corrected chi connectivity index (χ2v) is 4.32. The zero-order chi connectivity index (χ0) is 13.0. The first-order valence-electron chi connectivity index (χ1n) is 5.58. The van der Waals surface area contributed by atoms with Gasteiger partial charge in [-0.25, -0.2) is 14.4 Å². The van der Waals surface area contributed by atoms with Crippen LogP contribution in [0.2, 0.25) is 5.02 Å². The molecule has 0 aliphatic carbocycles. The number of benzene rings is 1. The van der Waals surface area contributed by atoms with Crippen molar-refractivity contribution in [2.24, 2.45) is 0 Å². The molecule has 18 heavy (non-hydrogen) atoms. The van der Waals surface area contributed by atoms with Gasteiger partial charge in [0.15, 0.2) is 0 Å². The number of rotatable bonds is 4. The van der Waals surface area contributed by atoms with E-state index in [4.69, 9.17) is 11.6 Å². The monoisotopic (exact) mass is 265 g/mol. The van der Waals surface area contributed by atoms with Gasteiger partial charge in [-0.05, 0) is 19.2 Å². The second-order valence-electron chi connectivity index (χ2n) is 3.91. The van der Waals surface area contributed by atoms with E-state index < -0.39 is 0 Å². The predicted molar refractivity (Wildman–Crippen MR) is 69.0 cm³/mol. The van der Waals surface area contributed by atoms with Crippen molar-refractivity contribution in [3.05, 3.63) is 58.4 Å². The third kappa shape index (κ3) is 3.03. The molecule has 1 aromatic carbocycles. The van der Waals surface area contributed by atoms with Crippen molar-refractivity contribution < 1.29 is 4.39 Å². The van der Waals surface area contributed by atoms with Crippen molar-refractivity contribution in [3.8, 4) is 0 Å².